The number of hydrogen-bond donors (Lipinski definition) is 3. The number of nitrogens with one attached hydrogen (secondary N) is 1. The van der Waals surface area contributed by atoms with Gasteiger partial charge in [-0.3, -0.25) is 14.9 Å². The van der Waals surface area contributed by atoms with Crippen LogP contribution in [0.1, 0.15) is 24.2 Å². The molecule has 1 heterocycles. The highest BCUT2D eigenvalue weighted by Gasteiger charge is 2.17. The predicted molar refractivity (Wildman–Crippen MR) is 77.4 cm³/mol. The molecule has 8 heteroatoms. The van der Waals surface area contributed by atoms with E-state index in [-0.39, 0.29) is 17.1 Å². The largest absolute Gasteiger partial charge is 0.366 e. The van der Waals surface area contributed by atoms with E-state index in [2.05, 4.69) is 10.3 Å². The number of hydrogen-bond acceptors (Lipinski definition) is 6. The molecule has 1 rings (SSSR count). The third-order valence-electron chi connectivity index (χ3n) is 2.04. The highest BCUT2D eigenvalue weighted by molar-refractivity contribution is 5.93. The summed E-state index contributed by atoms with van der Waals surface area (Å²) in [6.07, 6.45) is 4.61. The topological polar surface area (TPSA) is 137 Å². The summed E-state index contributed by atoms with van der Waals surface area (Å²) in [4.78, 5) is 24.9. The maximum Gasteiger partial charge on any atom is 0.312 e. The summed E-state index contributed by atoms with van der Waals surface area (Å²) in [7, 11) is 0. The van der Waals surface area contributed by atoms with Crippen LogP contribution in [0.25, 0.3) is 0 Å². The molecule has 5 N–H and O–H groups in total. The van der Waals surface area contributed by atoms with Gasteiger partial charge in [-0.1, -0.05) is 26.0 Å². The Morgan fingerprint density at radius 3 is 2.65 bits per heavy atom. The molecule has 0 fully saturated rings. The molecule has 0 radical (unpaired) electrons. The van der Waals surface area contributed by atoms with Crippen LogP contribution in [0.15, 0.2) is 24.4 Å². The smallest absolute Gasteiger partial charge is 0.312 e. The van der Waals surface area contributed by atoms with Crippen molar-refractivity contribution >= 4 is 17.4 Å². The number of nitrogens with two attached hydrogens (primary N) is 2. The van der Waals surface area contributed by atoms with Crippen LogP contribution in [-0.2, 0) is 0 Å². The molecule has 0 aliphatic rings. The average molecular weight is 281 g/mol. The van der Waals surface area contributed by atoms with Gasteiger partial charge in [-0.05, 0) is 0 Å². The second-order valence-corrected chi connectivity index (χ2v) is 3.30. The SMILES string of the molecule is CC.NC/C=C/CNc1ncc(C(N)=O)cc1[N+](=O)[O-]. The van der Waals surface area contributed by atoms with E-state index in [4.69, 9.17) is 11.5 Å². The third kappa shape index (κ3) is 5.44. The zero-order valence-corrected chi connectivity index (χ0v) is 11.5. The van der Waals surface area contributed by atoms with Gasteiger partial charge >= 0.3 is 5.69 Å². The normalized spacial score (nSPS) is 9.75. The van der Waals surface area contributed by atoms with E-state index in [9.17, 15) is 14.9 Å². The van der Waals surface area contributed by atoms with Crippen LogP contribution >= 0.6 is 0 Å². The fourth-order valence-corrected chi connectivity index (χ4v) is 1.20. The molecule has 0 aliphatic carbocycles. The van der Waals surface area contributed by atoms with Crippen molar-refractivity contribution in [2.75, 3.05) is 18.4 Å². The molecule has 110 valence electrons. The van der Waals surface area contributed by atoms with E-state index in [1.54, 1.807) is 12.2 Å². The number of pyridine rings is 1. The van der Waals surface area contributed by atoms with Gasteiger partial charge in [-0.25, -0.2) is 4.98 Å². The molecule has 1 amide bonds. The van der Waals surface area contributed by atoms with E-state index in [0.29, 0.717) is 13.1 Å². The van der Waals surface area contributed by atoms with Gasteiger partial charge in [-0.15, -0.1) is 0 Å². The molecule has 1 aromatic heterocycles. The van der Waals surface area contributed by atoms with E-state index in [1.165, 1.54) is 6.20 Å². The number of primary amides is 1. The van der Waals surface area contributed by atoms with Crippen molar-refractivity contribution in [3.63, 3.8) is 0 Å². The zero-order valence-electron chi connectivity index (χ0n) is 11.5. The average Bonchev–Trinajstić information content (AvgIpc) is 2.45. The number of aromatic nitrogens is 1. The lowest BCUT2D eigenvalue weighted by Gasteiger charge is -2.04. The van der Waals surface area contributed by atoms with Crippen molar-refractivity contribution in [2.45, 2.75) is 13.8 Å². The van der Waals surface area contributed by atoms with Crippen LogP contribution in [0.5, 0.6) is 0 Å². The summed E-state index contributed by atoms with van der Waals surface area (Å²) >= 11 is 0. The predicted octanol–water partition coefficient (Wildman–Crippen LogP) is 1.04. The van der Waals surface area contributed by atoms with Crippen LogP contribution in [0.3, 0.4) is 0 Å². The Kier molecular flexibility index (Phi) is 8.28. The first-order chi connectivity index (χ1) is 9.56. The van der Waals surface area contributed by atoms with E-state index in [0.717, 1.165) is 6.07 Å². The Bertz CT molecular complexity index is 488. The van der Waals surface area contributed by atoms with Gasteiger partial charge < -0.3 is 16.8 Å². The summed E-state index contributed by atoms with van der Waals surface area (Å²) in [5.74, 6) is -0.688. The van der Waals surface area contributed by atoms with Gasteiger partial charge in [0.15, 0.2) is 0 Å². The van der Waals surface area contributed by atoms with Crippen molar-refractivity contribution in [3.05, 3.63) is 40.1 Å². The lowest BCUT2D eigenvalue weighted by atomic mass is 10.2. The Balaban J connectivity index is 0.00000172. The van der Waals surface area contributed by atoms with Gasteiger partial charge in [0.05, 0.1) is 10.5 Å². The second-order valence-electron chi connectivity index (χ2n) is 3.30. The fraction of sp³-hybridized carbons (Fsp3) is 0.333. The number of carbonyl (C=O) groups excluding carboxylic acids is 1. The molecular formula is C12H19N5O3. The molecule has 0 saturated heterocycles. The monoisotopic (exact) mass is 281 g/mol. The van der Waals surface area contributed by atoms with Crippen molar-refractivity contribution in [1.82, 2.24) is 4.98 Å². The molecule has 0 aromatic carbocycles. The van der Waals surface area contributed by atoms with Gasteiger partial charge in [0.25, 0.3) is 5.91 Å². The Hall–Kier alpha value is -2.48. The summed E-state index contributed by atoms with van der Waals surface area (Å²) in [6.45, 7) is 4.73. The first-order valence-electron chi connectivity index (χ1n) is 6.09. The zero-order chi connectivity index (χ0) is 15.5. The second kappa shape index (κ2) is 9.45. The summed E-state index contributed by atoms with van der Waals surface area (Å²) < 4.78 is 0. The fourth-order valence-electron chi connectivity index (χ4n) is 1.20. The van der Waals surface area contributed by atoms with Gasteiger partial charge in [-0.2, -0.15) is 0 Å². The first-order valence-corrected chi connectivity index (χ1v) is 6.09. The lowest BCUT2D eigenvalue weighted by Crippen LogP contribution is -2.13. The van der Waals surface area contributed by atoms with E-state index < -0.39 is 10.8 Å². The van der Waals surface area contributed by atoms with Crippen LogP contribution < -0.4 is 16.8 Å². The van der Waals surface area contributed by atoms with E-state index >= 15 is 0 Å². The molecule has 0 unspecified atom stereocenters. The van der Waals surface area contributed by atoms with Crippen molar-refractivity contribution in [3.8, 4) is 0 Å². The molecule has 8 nitrogen and oxygen atoms in total. The van der Waals surface area contributed by atoms with Crippen LogP contribution in [-0.4, -0.2) is 28.9 Å². The van der Waals surface area contributed by atoms with Crippen LogP contribution in [0.2, 0.25) is 0 Å². The van der Waals surface area contributed by atoms with Gasteiger partial charge in [0.2, 0.25) is 5.82 Å². The minimum atomic E-state index is -0.764. The molecule has 20 heavy (non-hydrogen) atoms. The van der Waals surface area contributed by atoms with Gasteiger partial charge in [0.1, 0.15) is 0 Å². The molecule has 1 aromatic rings. The van der Waals surface area contributed by atoms with Crippen molar-refractivity contribution in [2.24, 2.45) is 11.5 Å². The molecule has 0 aliphatic heterocycles. The van der Waals surface area contributed by atoms with Crippen LogP contribution in [0, 0.1) is 10.1 Å². The molecular weight excluding hydrogens is 262 g/mol. The number of anilines is 1. The number of nitrogens with zero attached hydrogens (tertiary/aromatic N) is 2. The molecule has 0 saturated carbocycles. The Morgan fingerprint density at radius 2 is 2.15 bits per heavy atom. The Labute approximate surface area is 117 Å². The maximum absolute atomic E-state index is 10.9. The number of carbonyl (C=O) groups is 1. The van der Waals surface area contributed by atoms with Crippen LogP contribution in [0.4, 0.5) is 11.5 Å². The summed E-state index contributed by atoms with van der Waals surface area (Å²) in [5.41, 5.74) is 9.97. The minimum absolute atomic E-state index is 0.00949. The summed E-state index contributed by atoms with van der Waals surface area (Å²) in [5, 5.41) is 13.6. The minimum Gasteiger partial charge on any atom is -0.366 e. The molecule has 0 atom stereocenters. The van der Waals surface area contributed by atoms with Crippen molar-refractivity contribution in [1.29, 1.82) is 0 Å². The number of rotatable bonds is 6. The van der Waals surface area contributed by atoms with Gasteiger partial charge in [0, 0.05) is 25.4 Å². The highest BCUT2D eigenvalue weighted by Crippen LogP contribution is 2.22. The summed E-state index contributed by atoms with van der Waals surface area (Å²) in [6, 6.07) is 1.09. The van der Waals surface area contributed by atoms with E-state index in [1.807, 2.05) is 13.8 Å². The molecule has 0 bridgehead atoms. The van der Waals surface area contributed by atoms with Crippen molar-refractivity contribution < 1.29 is 9.72 Å². The number of nitro groups is 1. The standard InChI is InChI=1S/C10H13N5O3.C2H6/c11-3-1-2-4-13-10-8(15(17)18)5-7(6-14-10)9(12)16;1-2/h1-2,5-6H,3-4,11H2,(H2,12,16)(H,13,14);1-2H3/b2-1+;. The quantitative estimate of drug-likeness (QED) is 0.404. The number of amides is 1. The Morgan fingerprint density at radius 1 is 1.50 bits per heavy atom. The molecule has 0 spiro atoms. The third-order valence-corrected chi connectivity index (χ3v) is 2.04. The maximum atomic E-state index is 10.9. The lowest BCUT2D eigenvalue weighted by molar-refractivity contribution is -0.384. The first kappa shape index (κ1) is 17.5. The highest BCUT2D eigenvalue weighted by atomic mass is 16.6.